The first-order chi connectivity index (χ1) is 20.5. The summed E-state index contributed by atoms with van der Waals surface area (Å²) >= 11 is 1.69. The van der Waals surface area contributed by atoms with Crippen molar-refractivity contribution in [3.05, 3.63) is 119 Å². The predicted octanol–water partition coefficient (Wildman–Crippen LogP) is 6.64. The standard InChI is InChI=1S/C34H37N3O4S/c1-3-35-34(39)37-20-25-7-6-8-29(19-25)26-14-16-28(17-15-26)33-40-30(22-42-31-9-4-5-18-36-31)23(2)32(41-33)27-12-10-24(21-38)11-13-27/h4-19,23,30,32-33,38H,3,20-22H2,1-2H3,(H2,35,37,39)/t23-,30+,32+,33+/m1/s1. The smallest absolute Gasteiger partial charge is 0.315 e. The molecule has 0 bridgehead atoms. The maximum Gasteiger partial charge on any atom is 0.315 e. The second-order valence-corrected chi connectivity index (χ2v) is 11.4. The summed E-state index contributed by atoms with van der Waals surface area (Å²) < 4.78 is 13.2. The van der Waals surface area contributed by atoms with Crippen molar-refractivity contribution in [2.75, 3.05) is 12.3 Å². The number of rotatable bonds is 10. The van der Waals surface area contributed by atoms with Gasteiger partial charge in [0.25, 0.3) is 0 Å². The van der Waals surface area contributed by atoms with Crippen molar-refractivity contribution in [1.29, 1.82) is 0 Å². The molecule has 1 aliphatic heterocycles. The van der Waals surface area contributed by atoms with Crippen molar-refractivity contribution in [2.24, 2.45) is 5.92 Å². The number of carbonyl (C=O) groups is 1. The number of pyridine rings is 1. The number of aliphatic hydroxyl groups excluding tert-OH is 1. The highest BCUT2D eigenvalue weighted by molar-refractivity contribution is 7.99. The van der Waals surface area contributed by atoms with Crippen LogP contribution in [0, 0.1) is 5.92 Å². The van der Waals surface area contributed by atoms with E-state index in [2.05, 4.69) is 58.9 Å². The maximum atomic E-state index is 11.8. The van der Waals surface area contributed by atoms with Gasteiger partial charge >= 0.3 is 6.03 Å². The Labute approximate surface area is 251 Å². The van der Waals surface area contributed by atoms with E-state index in [1.165, 1.54) is 0 Å². The first-order valence-corrected chi connectivity index (χ1v) is 15.3. The highest BCUT2D eigenvalue weighted by Gasteiger charge is 2.38. The molecule has 0 saturated carbocycles. The summed E-state index contributed by atoms with van der Waals surface area (Å²) in [5, 5.41) is 16.1. The third-order valence-electron chi connectivity index (χ3n) is 7.39. The van der Waals surface area contributed by atoms with Gasteiger partial charge in [-0.05, 0) is 52.9 Å². The molecule has 42 heavy (non-hydrogen) atoms. The molecule has 3 aromatic carbocycles. The number of aliphatic hydroxyl groups is 1. The van der Waals surface area contributed by atoms with Crippen molar-refractivity contribution in [2.45, 2.75) is 50.5 Å². The molecule has 7 nitrogen and oxygen atoms in total. The Morgan fingerprint density at radius 3 is 2.38 bits per heavy atom. The molecule has 8 heteroatoms. The second-order valence-electron chi connectivity index (χ2n) is 10.3. The van der Waals surface area contributed by atoms with Crippen molar-refractivity contribution >= 4 is 17.8 Å². The topological polar surface area (TPSA) is 92.7 Å². The fourth-order valence-corrected chi connectivity index (χ4v) is 6.04. The number of aromatic nitrogens is 1. The molecular weight excluding hydrogens is 546 g/mol. The van der Waals surface area contributed by atoms with Gasteiger partial charge in [0, 0.05) is 36.5 Å². The van der Waals surface area contributed by atoms with E-state index in [9.17, 15) is 9.90 Å². The number of ether oxygens (including phenoxy) is 2. The normalized spacial score (nSPS) is 20.2. The fourth-order valence-electron chi connectivity index (χ4n) is 5.01. The quantitative estimate of drug-likeness (QED) is 0.181. The largest absolute Gasteiger partial charge is 0.392 e. The molecule has 0 radical (unpaired) electrons. The molecule has 0 unspecified atom stereocenters. The molecule has 218 valence electrons. The molecule has 0 aliphatic carbocycles. The molecule has 2 heterocycles. The molecule has 4 aromatic rings. The van der Waals surface area contributed by atoms with Gasteiger partial charge in [0.05, 0.1) is 23.8 Å². The number of thioether (sulfide) groups is 1. The van der Waals surface area contributed by atoms with E-state index in [-0.39, 0.29) is 30.8 Å². The van der Waals surface area contributed by atoms with Crippen LogP contribution in [0.3, 0.4) is 0 Å². The summed E-state index contributed by atoms with van der Waals surface area (Å²) in [5.74, 6) is 0.853. The molecule has 5 rings (SSSR count). The molecule has 2 amide bonds. The van der Waals surface area contributed by atoms with Crippen molar-refractivity contribution < 1.29 is 19.4 Å². The van der Waals surface area contributed by atoms with Gasteiger partial charge in [-0.15, -0.1) is 11.8 Å². The number of nitrogens with one attached hydrogen (secondary N) is 2. The van der Waals surface area contributed by atoms with Gasteiger partial charge in [0.1, 0.15) is 0 Å². The number of benzene rings is 3. The maximum absolute atomic E-state index is 11.8. The second kappa shape index (κ2) is 14.5. The van der Waals surface area contributed by atoms with Gasteiger partial charge in [-0.3, -0.25) is 0 Å². The van der Waals surface area contributed by atoms with E-state index in [1.54, 1.807) is 11.8 Å². The van der Waals surface area contributed by atoms with Crippen LogP contribution in [0.2, 0.25) is 0 Å². The minimum absolute atomic E-state index is 0.0103. The SMILES string of the molecule is CCNC(=O)NCc1cccc(-c2ccc([C@H]3O[C@@H](CSc4ccccn4)[C@@H](C)[C@@H](c4ccc(CO)cc4)O3)cc2)c1. The zero-order valence-electron chi connectivity index (χ0n) is 23.9. The summed E-state index contributed by atoms with van der Waals surface area (Å²) in [7, 11) is 0. The van der Waals surface area contributed by atoms with Crippen LogP contribution in [0.25, 0.3) is 11.1 Å². The Bertz CT molecular complexity index is 1430. The summed E-state index contributed by atoms with van der Waals surface area (Å²) in [6.45, 7) is 5.12. The molecule has 0 spiro atoms. The van der Waals surface area contributed by atoms with E-state index in [4.69, 9.17) is 9.47 Å². The number of amides is 2. The zero-order valence-corrected chi connectivity index (χ0v) is 24.7. The number of hydrogen-bond donors (Lipinski definition) is 3. The lowest BCUT2D eigenvalue weighted by Crippen LogP contribution is -2.38. The average Bonchev–Trinajstić information content (AvgIpc) is 3.04. The lowest BCUT2D eigenvalue weighted by molar-refractivity contribution is -0.268. The van der Waals surface area contributed by atoms with E-state index in [1.807, 2.05) is 67.7 Å². The zero-order chi connectivity index (χ0) is 29.3. The van der Waals surface area contributed by atoms with Gasteiger partial charge in [-0.2, -0.15) is 0 Å². The van der Waals surface area contributed by atoms with Gasteiger partial charge in [0.2, 0.25) is 0 Å². The Morgan fingerprint density at radius 1 is 0.881 bits per heavy atom. The van der Waals surface area contributed by atoms with Crippen LogP contribution in [-0.4, -0.2) is 34.5 Å². The first-order valence-electron chi connectivity index (χ1n) is 14.3. The number of urea groups is 1. The number of hydrogen-bond acceptors (Lipinski definition) is 6. The number of carbonyl (C=O) groups excluding carboxylic acids is 1. The highest BCUT2D eigenvalue weighted by Crippen LogP contribution is 2.43. The van der Waals surface area contributed by atoms with Crippen molar-refractivity contribution in [3.63, 3.8) is 0 Å². The molecule has 1 saturated heterocycles. The van der Waals surface area contributed by atoms with Gasteiger partial charge < -0.3 is 25.2 Å². The van der Waals surface area contributed by atoms with Crippen molar-refractivity contribution in [1.82, 2.24) is 15.6 Å². The Morgan fingerprint density at radius 2 is 1.67 bits per heavy atom. The number of nitrogens with zero attached hydrogens (tertiary/aromatic N) is 1. The van der Waals surface area contributed by atoms with Crippen LogP contribution in [-0.2, 0) is 22.6 Å². The third kappa shape index (κ3) is 7.57. The molecule has 1 aliphatic rings. The van der Waals surface area contributed by atoms with Gasteiger partial charge in [-0.1, -0.05) is 79.7 Å². The summed E-state index contributed by atoms with van der Waals surface area (Å²) in [5.41, 5.74) is 6.06. The summed E-state index contributed by atoms with van der Waals surface area (Å²) in [6.07, 6.45) is 1.05. The summed E-state index contributed by atoms with van der Waals surface area (Å²) in [4.78, 5) is 16.3. The monoisotopic (exact) mass is 583 g/mol. The third-order valence-corrected chi connectivity index (χ3v) is 8.42. The van der Waals surface area contributed by atoms with Crippen LogP contribution in [0.1, 0.15) is 48.5 Å². The van der Waals surface area contributed by atoms with E-state index in [0.717, 1.165) is 44.2 Å². The minimum Gasteiger partial charge on any atom is -0.392 e. The lowest BCUT2D eigenvalue weighted by Gasteiger charge is -2.41. The van der Waals surface area contributed by atoms with Crippen LogP contribution < -0.4 is 10.6 Å². The Kier molecular flexibility index (Phi) is 10.3. The van der Waals surface area contributed by atoms with Crippen LogP contribution in [0.15, 0.2) is 102 Å². The minimum atomic E-state index is -0.528. The van der Waals surface area contributed by atoms with Gasteiger partial charge in [0.15, 0.2) is 6.29 Å². The molecule has 3 N–H and O–H groups in total. The fraction of sp³-hybridized carbons (Fsp3) is 0.294. The average molecular weight is 584 g/mol. The molecular formula is C34H37N3O4S. The van der Waals surface area contributed by atoms with E-state index in [0.29, 0.717) is 13.1 Å². The van der Waals surface area contributed by atoms with Crippen molar-refractivity contribution in [3.8, 4) is 11.1 Å². The van der Waals surface area contributed by atoms with Crippen LogP contribution in [0.5, 0.6) is 0 Å². The predicted molar refractivity (Wildman–Crippen MR) is 166 cm³/mol. The lowest BCUT2D eigenvalue weighted by atomic mass is 9.91. The summed E-state index contributed by atoms with van der Waals surface area (Å²) in [6, 6.07) is 30.2. The molecule has 1 aromatic heterocycles. The van der Waals surface area contributed by atoms with Crippen LogP contribution in [0.4, 0.5) is 4.79 Å². The molecule has 1 fully saturated rings. The van der Waals surface area contributed by atoms with Crippen LogP contribution >= 0.6 is 11.8 Å². The van der Waals surface area contributed by atoms with E-state index >= 15 is 0 Å². The molecule has 4 atom stereocenters. The Balaban J connectivity index is 1.33. The first kappa shape index (κ1) is 29.8. The Hall–Kier alpha value is -3.69. The van der Waals surface area contributed by atoms with E-state index < -0.39 is 6.29 Å². The highest BCUT2D eigenvalue weighted by atomic mass is 32.2. The van der Waals surface area contributed by atoms with Gasteiger partial charge in [-0.25, -0.2) is 9.78 Å².